The first-order valence-corrected chi connectivity index (χ1v) is 9.18. The highest BCUT2D eigenvalue weighted by molar-refractivity contribution is 6.05. The second-order valence-electron chi connectivity index (χ2n) is 6.02. The number of carbonyl (C=O) groups excluding carboxylic acids is 3. The number of nitrogens with one attached hydrogen (secondary N) is 2. The Morgan fingerprint density at radius 2 is 1.71 bits per heavy atom. The van der Waals surface area contributed by atoms with Crippen LogP contribution in [0.3, 0.4) is 0 Å². The molecule has 0 spiro atoms. The SMILES string of the molecule is CCOc1ccc(C(=O)CCC(=O)Nc2ccccc2C(=O)NCCN)cc1. The maximum Gasteiger partial charge on any atom is 0.253 e. The predicted octanol–water partition coefficient (Wildman–Crippen LogP) is 2.38. The summed E-state index contributed by atoms with van der Waals surface area (Å²) in [6.45, 7) is 3.11. The van der Waals surface area contributed by atoms with Gasteiger partial charge in [0.25, 0.3) is 5.91 Å². The minimum atomic E-state index is -0.335. The molecule has 4 N–H and O–H groups in total. The maximum absolute atomic E-state index is 12.3. The molecule has 2 aromatic carbocycles. The normalized spacial score (nSPS) is 10.2. The van der Waals surface area contributed by atoms with Crippen molar-refractivity contribution in [2.75, 3.05) is 25.0 Å². The quantitative estimate of drug-likeness (QED) is 0.546. The number of Topliss-reactive ketones (excluding diaryl/α,β-unsaturated/α-hetero) is 1. The fourth-order valence-electron chi connectivity index (χ4n) is 2.56. The second kappa shape index (κ2) is 10.8. The summed E-state index contributed by atoms with van der Waals surface area (Å²) in [6, 6.07) is 13.5. The maximum atomic E-state index is 12.3. The highest BCUT2D eigenvalue weighted by Crippen LogP contribution is 2.17. The van der Waals surface area contributed by atoms with Gasteiger partial charge in [-0.25, -0.2) is 0 Å². The van der Waals surface area contributed by atoms with Gasteiger partial charge in [-0.2, -0.15) is 0 Å². The molecule has 0 heterocycles. The van der Waals surface area contributed by atoms with Crippen molar-refractivity contribution in [3.8, 4) is 5.75 Å². The Balaban J connectivity index is 1.92. The number of ketones is 1. The van der Waals surface area contributed by atoms with E-state index in [1.165, 1.54) is 0 Å². The number of nitrogens with two attached hydrogens (primary N) is 1. The highest BCUT2D eigenvalue weighted by Gasteiger charge is 2.14. The number of rotatable bonds is 10. The van der Waals surface area contributed by atoms with E-state index in [4.69, 9.17) is 10.5 Å². The second-order valence-corrected chi connectivity index (χ2v) is 6.02. The monoisotopic (exact) mass is 383 g/mol. The van der Waals surface area contributed by atoms with Gasteiger partial charge in [0.1, 0.15) is 5.75 Å². The zero-order valence-corrected chi connectivity index (χ0v) is 15.9. The van der Waals surface area contributed by atoms with E-state index in [1.807, 2.05) is 6.92 Å². The first-order chi connectivity index (χ1) is 13.5. The molecule has 7 nitrogen and oxygen atoms in total. The van der Waals surface area contributed by atoms with Crippen molar-refractivity contribution in [3.05, 3.63) is 59.7 Å². The van der Waals surface area contributed by atoms with Crippen molar-refractivity contribution < 1.29 is 19.1 Å². The summed E-state index contributed by atoms with van der Waals surface area (Å²) in [5.41, 5.74) is 6.66. The van der Waals surface area contributed by atoms with Gasteiger partial charge in [-0.3, -0.25) is 14.4 Å². The minimum Gasteiger partial charge on any atom is -0.494 e. The van der Waals surface area contributed by atoms with Crippen LogP contribution < -0.4 is 21.1 Å². The van der Waals surface area contributed by atoms with Crippen LogP contribution in [0.5, 0.6) is 5.75 Å². The van der Waals surface area contributed by atoms with E-state index in [9.17, 15) is 14.4 Å². The number of hydrogen-bond acceptors (Lipinski definition) is 5. The lowest BCUT2D eigenvalue weighted by molar-refractivity contribution is -0.116. The Morgan fingerprint density at radius 3 is 2.39 bits per heavy atom. The molecule has 0 radical (unpaired) electrons. The molecule has 0 bridgehead atoms. The number of anilines is 1. The van der Waals surface area contributed by atoms with E-state index in [0.717, 1.165) is 0 Å². The lowest BCUT2D eigenvalue weighted by Crippen LogP contribution is -2.30. The summed E-state index contributed by atoms with van der Waals surface area (Å²) in [5, 5.41) is 5.37. The van der Waals surface area contributed by atoms with E-state index in [0.29, 0.717) is 42.3 Å². The van der Waals surface area contributed by atoms with Gasteiger partial charge < -0.3 is 21.1 Å². The van der Waals surface area contributed by atoms with Crippen LogP contribution in [0.25, 0.3) is 0 Å². The van der Waals surface area contributed by atoms with Crippen LogP contribution in [-0.4, -0.2) is 37.3 Å². The first kappa shape index (κ1) is 21.1. The van der Waals surface area contributed by atoms with Crippen molar-refractivity contribution in [1.82, 2.24) is 5.32 Å². The number of amides is 2. The molecule has 0 aromatic heterocycles. The average Bonchev–Trinajstić information content (AvgIpc) is 2.71. The molecule has 2 aromatic rings. The Kier molecular flexibility index (Phi) is 8.17. The van der Waals surface area contributed by atoms with Gasteiger partial charge >= 0.3 is 0 Å². The van der Waals surface area contributed by atoms with E-state index < -0.39 is 0 Å². The van der Waals surface area contributed by atoms with E-state index in [-0.39, 0.29) is 30.4 Å². The molecule has 148 valence electrons. The van der Waals surface area contributed by atoms with Crippen LogP contribution in [0.1, 0.15) is 40.5 Å². The predicted molar refractivity (Wildman–Crippen MR) is 108 cm³/mol. The van der Waals surface area contributed by atoms with Crippen LogP contribution in [0.15, 0.2) is 48.5 Å². The molecular weight excluding hydrogens is 358 g/mol. The zero-order chi connectivity index (χ0) is 20.4. The van der Waals surface area contributed by atoms with Gasteiger partial charge in [-0.15, -0.1) is 0 Å². The molecule has 0 aliphatic heterocycles. The average molecular weight is 383 g/mol. The van der Waals surface area contributed by atoms with Crippen molar-refractivity contribution in [1.29, 1.82) is 0 Å². The first-order valence-electron chi connectivity index (χ1n) is 9.18. The van der Waals surface area contributed by atoms with Crippen LogP contribution >= 0.6 is 0 Å². The van der Waals surface area contributed by atoms with Crippen molar-refractivity contribution in [2.24, 2.45) is 5.73 Å². The summed E-state index contributed by atoms with van der Waals surface area (Å²) < 4.78 is 5.35. The standard InChI is InChI=1S/C21H25N3O4/c1-2-28-16-9-7-15(8-10-16)19(25)11-12-20(26)24-18-6-4-3-5-17(18)21(27)23-14-13-22/h3-10H,2,11-14,22H2,1H3,(H,23,27)(H,24,26). The lowest BCUT2D eigenvalue weighted by atomic mass is 10.1. The van der Waals surface area contributed by atoms with Crippen LogP contribution in [0, 0.1) is 0 Å². The largest absolute Gasteiger partial charge is 0.494 e. The van der Waals surface area contributed by atoms with Crippen molar-refractivity contribution in [3.63, 3.8) is 0 Å². The molecule has 0 aliphatic rings. The molecule has 0 saturated heterocycles. The van der Waals surface area contributed by atoms with Gasteiger partial charge in [0.05, 0.1) is 17.9 Å². The van der Waals surface area contributed by atoms with Crippen LogP contribution in [0.4, 0.5) is 5.69 Å². The third-order valence-electron chi connectivity index (χ3n) is 3.94. The fraction of sp³-hybridized carbons (Fsp3) is 0.286. The number of ether oxygens (including phenoxy) is 1. The Labute approximate surface area is 164 Å². The summed E-state index contributed by atoms with van der Waals surface area (Å²) in [4.78, 5) is 36.7. The highest BCUT2D eigenvalue weighted by atomic mass is 16.5. The molecule has 2 rings (SSSR count). The molecule has 2 amide bonds. The molecule has 7 heteroatoms. The number of hydrogen-bond donors (Lipinski definition) is 3. The Bertz CT molecular complexity index is 819. The summed E-state index contributed by atoms with van der Waals surface area (Å²) in [7, 11) is 0. The van der Waals surface area contributed by atoms with Gasteiger partial charge in [0, 0.05) is 31.5 Å². The number of para-hydroxylation sites is 1. The summed E-state index contributed by atoms with van der Waals surface area (Å²) in [5.74, 6) is -0.0846. The van der Waals surface area contributed by atoms with Crippen LogP contribution in [-0.2, 0) is 4.79 Å². The fourth-order valence-corrected chi connectivity index (χ4v) is 2.56. The van der Waals surface area contributed by atoms with Gasteiger partial charge in [0.2, 0.25) is 5.91 Å². The molecule has 0 aliphatic carbocycles. The molecule has 0 unspecified atom stereocenters. The molecule has 0 saturated carbocycles. The van der Waals surface area contributed by atoms with E-state index in [2.05, 4.69) is 10.6 Å². The minimum absolute atomic E-state index is 0.0186. The van der Waals surface area contributed by atoms with E-state index in [1.54, 1.807) is 48.5 Å². The van der Waals surface area contributed by atoms with Gasteiger partial charge in [0.15, 0.2) is 5.78 Å². The molecule has 0 fully saturated rings. The van der Waals surface area contributed by atoms with Gasteiger partial charge in [-0.05, 0) is 43.3 Å². The third-order valence-corrected chi connectivity index (χ3v) is 3.94. The smallest absolute Gasteiger partial charge is 0.253 e. The Morgan fingerprint density at radius 1 is 1.00 bits per heavy atom. The lowest BCUT2D eigenvalue weighted by Gasteiger charge is -2.11. The molecular formula is C21H25N3O4. The number of carbonyl (C=O) groups is 3. The zero-order valence-electron chi connectivity index (χ0n) is 15.9. The summed E-state index contributed by atoms with van der Waals surface area (Å²) >= 11 is 0. The molecule has 0 atom stereocenters. The van der Waals surface area contributed by atoms with Crippen molar-refractivity contribution in [2.45, 2.75) is 19.8 Å². The Hall–Kier alpha value is -3.19. The number of benzene rings is 2. The van der Waals surface area contributed by atoms with E-state index >= 15 is 0 Å². The van der Waals surface area contributed by atoms with Crippen LogP contribution in [0.2, 0.25) is 0 Å². The topological polar surface area (TPSA) is 111 Å². The van der Waals surface area contributed by atoms with Gasteiger partial charge in [-0.1, -0.05) is 12.1 Å². The third kappa shape index (κ3) is 6.21. The van der Waals surface area contributed by atoms with Crippen molar-refractivity contribution >= 4 is 23.3 Å². The summed E-state index contributed by atoms with van der Waals surface area (Å²) in [6.07, 6.45) is 0.0894. The molecule has 28 heavy (non-hydrogen) atoms.